The molecule has 2 aromatic heterocycles. The zero-order chi connectivity index (χ0) is 24.2. The van der Waals surface area contributed by atoms with Crippen LogP contribution in [0.4, 0.5) is 10.2 Å². The number of rotatable bonds is 7. The molecule has 0 aliphatic carbocycles. The summed E-state index contributed by atoms with van der Waals surface area (Å²) < 4.78 is 13.1. The van der Waals surface area contributed by atoms with Gasteiger partial charge in [0.2, 0.25) is 5.91 Å². The van der Waals surface area contributed by atoms with Crippen LogP contribution in [0.25, 0.3) is 10.2 Å². The highest BCUT2D eigenvalue weighted by atomic mass is 32.1. The maximum atomic E-state index is 13.1. The Bertz CT molecular complexity index is 1140. The number of aromatic nitrogens is 2. The standard InChI is InChI=1S/C27H34FN5OS/c1-2-23-14-24-25(30-18-31-27(24)35-23)33-11-3-4-21(17-33)26(34)29-15-19-9-12-32(13-10-19)16-20-5-7-22(28)8-6-20/h5-8,14,18-19,21H,2-4,9-13,15-17H2,1H3,(H,29,34)/t21-/m1/s1. The van der Waals surface area contributed by atoms with E-state index in [0.29, 0.717) is 12.5 Å². The number of thiophene rings is 1. The van der Waals surface area contributed by atoms with Gasteiger partial charge in [0.1, 0.15) is 22.8 Å². The van der Waals surface area contributed by atoms with Gasteiger partial charge in [-0.15, -0.1) is 11.3 Å². The molecule has 0 spiro atoms. The minimum atomic E-state index is -0.188. The van der Waals surface area contributed by atoms with Crippen LogP contribution in [0.1, 0.15) is 43.0 Å². The van der Waals surface area contributed by atoms with Gasteiger partial charge in [0.05, 0.1) is 11.3 Å². The van der Waals surface area contributed by atoms with Gasteiger partial charge in [-0.2, -0.15) is 0 Å². The molecule has 0 bridgehead atoms. The van der Waals surface area contributed by atoms with Crippen molar-refractivity contribution in [2.75, 3.05) is 37.6 Å². The van der Waals surface area contributed by atoms with E-state index in [0.717, 1.165) is 86.4 Å². The monoisotopic (exact) mass is 495 g/mol. The number of likely N-dealkylation sites (tertiary alicyclic amines) is 1. The van der Waals surface area contributed by atoms with Crippen LogP contribution in [0.15, 0.2) is 36.7 Å². The normalized spacial score (nSPS) is 19.8. The molecule has 1 atom stereocenters. The summed E-state index contributed by atoms with van der Waals surface area (Å²) in [5, 5.41) is 4.37. The third kappa shape index (κ3) is 5.81. The molecule has 2 aliphatic rings. The summed E-state index contributed by atoms with van der Waals surface area (Å²) in [5.74, 6) is 1.47. The van der Waals surface area contributed by atoms with E-state index < -0.39 is 0 Å². The van der Waals surface area contributed by atoms with Gasteiger partial charge < -0.3 is 10.2 Å². The minimum absolute atomic E-state index is 0.00314. The molecule has 35 heavy (non-hydrogen) atoms. The Hall–Kier alpha value is -2.58. The van der Waals surface area contributed by atoms with Crippen LogP contribution in [0, 0.1) is 17.7 Å². The van der Waals surface area contributed by atoms with Crippen molar-refractivity contribution in [3.8, 4) is 0 Å². The number of amides is 1. The first-order valence-corrected chi connectivity index (χ1v) is 13.6. The number of fused-ring (bicyclic) bond motifs is 1. The number of aryl methyl sites for hydroxylation is 1. The van der Waals surface area contributed by atoms with E-state index in [1.807, 2.05) is 12.1 Å². The van der Waals surface area contributed by atoms with E-state index >= 15 is 0 Å². The van der Waals surface area contributed by atoms with Gasteiger partial charge in [-0.25, -0.2) is 14.4 Å². The molecule has 6 nitrogen and oxygen atoms in total. The van der Waals surface area contributed by atoms with Crippen LogP contribution in [0.2, 0.25) is 0 Å². The van der Waals surface area contributed by atoms with Crippen molar-refractivity contribution in [3.05, 3.63) is 52.9 Å². The lowest BCUT2D eigenvalue weighted by molar-refractivity contribution is -0.125. The van der Waals surface area contributed by atoms with Gasteiger partial charge >= 0.3 is 0 Å². The van der Waals surface area contributed by atoms with Gasteiger partial charge in [0, 0.05) is 31.1 Å². The third-order valence-electron chi connectivity index (χ3n) is 7.39. The van der Waals surface area contributed by atoms with Crippen LogP contribution >= 0.6 is 11.3 Å². The zero-order valence-corrected chi connectivity index (χ0v) is 21.2. The average Bonchev–Trinajstić information content (AvgIpc) is 3.33. The first-order chi connectivity index (χ1) is 17.1. The van der Waals surface area contributed by atoms with Gasteiger partial charge in [0.25, 0.3) is 0 Å². The first-order valence-electron chi connectivity index (χ1n) is 12.8. The molecule has 2 fully saturated rings. The number of nitrogens with zero attached hydrogens (tertiary/aromatic N) is 4. The van der Waals surface area contributed by atoms with Crippen molar-refractivity contribution in [1.29, 1.82) is 0 Å². The van der Waals surface area contributed by atoms with Gasteiger partial charge in [-0.3, -0.25) is 9.69 Å². The highest BCUT2D eigenvalue weighted by molar-refractivity contribution is 7.18. The number of piperidine rings is 2. The van der Waals surface area contributed by atoms with Crippen molar-refractivity contribution < 1.29 is 9.18 Å². The van der Waals surface area contributed by atoms with Gasteiger partial charge in [-0.05, 0) is 74.9 Å². The second-order valence-corrected chi connectivity index (χ2v) is 11.0. The van der Waals surface area contributed by atoms with Crippen molar-refractivity contribution >= 4 is 33.3 Å². The number of anilines is 1. The number of hydrogen-bond acceptors (Lipinski definition) is 6. The number of benzene rings is 1. The third-order valence-corrected chi connectivity index (χ3v) is 8.58. The van der Waals surface area contributed by atoms with Crippen molar-refractivity contribution in [3.63, 3.8) is 0 Å². The Kier molecular flexibility index (Phi) is 7.58. The molecular formula is C27H34FN5OS. The number of halogens is 1. The van der Waals surface area contributed by atoms with E-state index in [-0.39, 0.29) is 17.6 Å². The number of nitrogens with one attached hydrogen (secondary N) is 1. The smallest absolute Gasteiger partial charge is 0.224 e. The van der Waals surface area contributed by atoms with Crippen LogP contribution in [0.5, 0.6) is 0 Å². The predicted octanol–water partition coefficient (Wildman–Crippen LogP) is 4.64. The summed E-state index contributed by atoms with van der Waals surface area (Å²) in [6, 6.07) is 8.99. The predicted molar refractivity (Wildman–Crippen MR) is 139 cm³/mol. The molecular weight excluding hydrogens is 461 g/mol. The second kappa shape index (κ2) is 11.0. The Morgan fingerprint density at radius 1 is 1.14 bits per heavy atom. The number of carbonyl (C=O) groups is 1. The minimum Gasteiger partial charge on any atom is -0.356 e. The molecule has 8 heteroatoms. The lowest BCUT2D eigenvalue weighted by Crippen LogP contribution is -2.45. The van der Waals surface area contributed by atoms with Crippen LogP contribution in [-0.4, -0.2) is 53.5 Å². The Morgan fingerprint density at radius 3 is 2.71 bits per heavy atom. The zero-order valence-electron chi connectivity index (χ0n) is 20.4. The molecule has 186 valence electrons. The van der Waals surface area contributed by atoms with Crippen molar-refractivity contribution in [2.24, 2.45) is 11.8 Å². The second-order valence-electron chi connectivity index (χ2n) is 9.86. The summed E-state index contributed by atoms with van der Waals surface area (Å²) in [6.45, 7) is 7.44. The van der Waals surface area contributed by atoms with Crippen LogP contribution < -0.4 is 10.2 Å². The first kappa shape index (κ1) is 24.1. The van der Waals surface area contributed by atoms with E-state index in [9.17, 15) is 9.18 Å². The largest absolute Gasteiger partial charge is 0.356 e. The van der Waals surface area contributed by atoms with E-state index in [1.165, 1.54) is 17.0 Å². The lowest BCUT2D eigenvalue weighted by atomic mass is 9.94. The summed E-state index contributed by atoms with van der Waals surface area (Å²) >= 11 is 1.73. The molecule has 1 N–H and O–H groups in total. The molecule has 5 rings (SSSR count). The van der Waals surface area contributed by atoms with E-state index in [2.05, 4.69) is 38.1 Å². The highest BCUT2D eigenvalue weighted by Gasteiger charge is 2.28. The fraction of sp³-hybridized carbons (Fsp3) is 0.519. The molecule has 2 aliphatic heterocycles. The molecule has 1 aromatic carbocycles. The average molecular weight is 496 g/mol. The Morgan fingerprint density at radius 2 is 1.94 bits per heavy atom. The van der Waals surface area contributed by atoms with Crippen molar-refractivity contribution in [2.45, 2.75) is 45.6 Å². The lowest BCUT2D eigenvalue weighted by Gasteiger charge is -2.34. The fourth-order valence-corrected chi connectivity index (χ4v) is 6.22. The Labute approximate surface area is 210 Å². The highest BCUT2D eigenvalue weighted by Crippen LogP contribution is 2.32. The molecule has 1 amide bonds. The maximum absolute atomic E-state index is 13.1. The molecule has 4 heterocycles. The topological polar surface area (TPSA) is 61.4 Å². The molecule has 0 saturated carbocycles. The van der Waals surface area contributed by atoms with Crippen LogP contribution in [-0.2, 0) is 17.8 Å². The molecule has 3 aromatic rings. The van der Waals surface area contributed by atoms with Gasteiger partial charge in [0.15, 0.2) is 0 Å². The molecule has 2 saturated heterocycles. The van der Waals surface area contributed by atoms with Gasteiger partial charge in [-0.1, -0.05) is 19.1 Å². The van der Waals surface area contributed by atoms with E-state index in [1.54, 1.807) is 17.7 Å². The summed E-state index contributed by atoms with van der Waals surface area (Å²) in [5.41, 5.74) is 1.15. The summed E-state index contributed by atoms with van der Waals surface area (Å²) in [4.78, 5) is 29.2. The maximum Gasteiger partial charge on any atom is 0.224 e. The summed E-state index contributed by atoms with van der Waals surface area (Å²) in [6.07, 6.45) is 6.73. The van der Waals surface area contributed by atoms with E-state index in [4.69, 9.17) is 0 Å². The SMILES string of the molecule is CCc1cc2c(N3CCC[C@@H](C(=O)NCC4CCN(Cc5ccc(F)cc5)CC4)C3)ncnc2s1. The van der Waals surface area contributed by atoms with Crippen LogP contribution in [0.3, 0.4) is 0 Å². The van der Waals surface area contributed by atoms with Crippen molar-refractivity contribution in [1.82, 2.24) is 20.2 Å². The Balaban J connectivity index is 1.11. The number of hydrogen-bond donors (Lipinski definition) is 1. The number of carbonyl (C=O) groups excluding carboxylic acids is 1. The molecule has 0 radical (unpaired) electrons. The molecule has 0 unspecified atom stereocenters. The summed E-state index contributed by atoms with van der Waals surface area (Å²) in [7, 11) is 0. The quantitative estimate of drug-likeness (QED) is 0.518. The fourth-order valence-electron chi connectivity index (χ4n) is 5.29.